The second kappa shape index (κ2) is 7.07. The summed E-state index contributed by atoms with van der Waals surface area (Å²) in [5.41, 5.74) is 0.932. The van der Waals surface area contributed by atoms with Gasteiger partial charge in [-0.05, 0) is 40.6 Å². The van der Waals surface area contributed by atoms with Crippen LogP contribution in [0.4, 0.5) is 0 Å². The number of hydrogen-bond donors (Lipinski definition) is 2. The lowest BCUT2D eigenvalue weighted by atomic mass is 10.0. The zero-order valence-corrected chi connectivity index (χ0v) is 12.3. The molecule has 112 valence electrons. The van der Waals surface area contributed by atoms with E-state index in [-0.39, 0.29) is 0 Å². The fourth-order valence-corrected chi connectivity index (χ4v) is 2.40. The van der Waals surface area contributed by atoms with E-state index in [1.807, 2.05) is 54.6 Å². The van der Waals surface area contributed by atoms with Crippen molar-refractivity contribution in [3.8, 4) is 0 Å². The van der Waals surface area contributed by atoms with Gasteiger partial charge in [-0.3, -0.25) is 0 Å². The van der Waals surface area contributed by atoms with Gasteiger partial charge in [0.1, 0.15) is 5.76 Å². The molecule has 22 heavy (non-hydrogen) atoms. The average Bonchev–Trinajstić information content (AvgIpc) is 3.07. The molecule has 0 fully saturated rings. The van der Waals surface area contributed by atoms with Gasteiger partial charge in [-0.25, -0.2) is 0 Å². The van der Waals surface area contributed by atoms with Gasteiger partial charge in [-0.1, -0.05) is 42.5 Å². The Balaban J connectivity index is 1.53. The number of nitrogens with one attached hydrogen (secondary N) is 1. The van der Waals surface area contributed by atoms with Gasteiger partial charge in [0.2, 0.25) is 0 Å². The molecule has 3 nitrogen and oxygen atoms in total. The van der Waals surface area contributed by atoms with E-state index in [2.05, 4.69) is 17.4 Å². The third kappa shape index (κ3) is 3.64. The molecule has 1 atom stereocenters. The lowest BCUT2D eigenvalue weighted by Crippen LogP contribution is -2.21. The van der Waals surface area contributed by atoms with Gasteiger partial charge in [0.25, 0.3) is 0 Å². The average molecular weight is 293 g/mol. The lowest BCUT2D eigenvalue weighted by Gasteiger charge is -2.12. The van der Waals surface area contributed by atoms with Crippen LogP contribution in [-0.2, 0) is 0 Å². The predicted octanol–water partition coefficient (Wildman–Crippen LogP) is 3.77. The Kier molecular flexibility index (Phi) is 4.68. The SMILES string of the molecule is OC(CNC/C=C/c1ccco1)c1ccc2ccccc2c1. The van der Waals surface area contributed by atoms with Crippen molar-refractivity contribution in [1.29, 1.82) is 0 Å². The fraction of sp³-hybridized carbons (Fsp3) is 0.158. The van der Waals surface area contributed by atoms with Gasteiger partial charge in [-0.2, -0.15) is 0 Å². The third-order valence-corrected chi connectivity index (χ3v) is 3.58. The maximum Gasteiger partial charge on any atom is 0.126 e. The fourth-order valence-electron chi connectivity index (χ4n) is 2.40. The topological polar surface area (TPSA) is 45.4 Å². The molecule has 0 bridgehead atoms. The molecule has 1 unspecified atom stereocenters. The largest absolute Gasteiger partial charge is 0.465 e. The van der Waals surface area contributed by atoms with E-state index in [1.54, 1.807) is 6.26 Å². The van der Waals surface area contributed by atoms with Crippen molar-refractivity contribution >= 4 is 16.8 Å². The summed E-state index contributed by atoms with van der Waals surface area (Å²) in [6.07, 6.45) is 5.03. The number of benzene rings is 2. The van der Waals surface area contributed by atoms with Gasteiger partial charge < -0.3 is 14.8 Å². The van der Waals surface area contributed by atoms with Crippen LogP contribution in [0.25, 0.3) is 16.8 Å². The van der Waals surface area contributed by atoms with Crippen LogP contribution in [-0.4, -0.2) is 18.2 Å². The minimum absolute atomic E-state index is 0.512. The molecule has 0 aliphatic carbocycles. The van der Waals surface area contributed by atoms with E-state index in [1.165, 1.54) is 5.39 Å². The van der Waals surface area contributed by atoms with Crippen molar-refractivity contribution < 1.29 is 9.52 Å². The molecule has 0 aliphatic heterocycles. The first kappa shape index (κ1) is 14.6. The van der Waals surface area contributed by atoms with Crippen molar-refractivity contribution in [1.82, 2.24) is 5.32 Å². The van der Waals surface area contributed by atoms with Crippen LogP contribution < -0.4 is 5.32 Å². The van der Waals surface area contributed by atoms with Crippen molar-refractivity contribution in [3.05, 3.63) is 78.3 Å². The van der Waals surface area contributed by atoms with Crippen LogP contribution >= 0.6 is 0 Å². The number of aliphatic hydroxyl groups excluding tert-OH is 1. The highest BCUT2D eigenvalue weighted by molar-refractivity contribution is 5.83. The van der Waals surface area contributed by atoms with Crippen LogP contribution in [0.15, 0.2) is 71.4 Å². The molecule has 3 heteroatoms. The van der Waals surface area contributed by atoms with E-state index in [4.69, 9.17) is 4.42 Å². The highest BCUT2D eigenvalue weighted by atomic mass is 16.3. The first-order valence-electron chi connectivity index (χ1n) is 7.40. The standard InChI is InChI=1S/C19H19NO2/c21-19(14-20-11-3-7-18-8-4-12-22-18)17-10-9-15-5-1-2-6-16(15)13-17/h1-10,12-13,19-21H,11,14H2/b7-3+. The van der Waals surface area contributed by atoms with Crippen LogP contribution in [0.3, 0.4) is 0 Å². The Morgan fingerprint density at radius 3 is 2.73 bits per heavy atom. The number of fused-ring (bicyclic) bond motifs is 1. The Bertz CT molecular complexity index is 747. The summed E-state index contributed by atoms with van der Waals surface area (Å²) >= 11 is 0. The third-order valence-electron chi connectivity index (χ3n) is 3.58. The molecule has 1 aromatic heterocycles. The van der Waals surface area contributed by atoms with Crippen molar-refractivity contribution in [2.45, 2.75) is 6.10 Å². The first-order valence-corrected chi connectivity index (χ1v) is 7.40. The zero-order chi connectivity index (χ0) is 15.2. The van der Waals surface area contributed by atoms with Gasteiger partial charge in [-0.15, -0.1) is 0 Å². The van der Waals surface area contributed by atoms with E-state index >= 15 is 0 Å². The van der Waals surface area contributed by atoms with Crippen LogP contribution in [0.1, 0.15) is 17.4 Å². The van der Waals surface area contributed by atoms with Crippen LogP contribution in [0.2, 0.25) is 0 Å². The molecule has 0 spiro atoms. The van der Waals surface area contributed by atoms with Gasteiger partial charge in [0.15, 0.2) is 0 Å². The molecule has 0 radical (unpaired) electrons. The number of aliphatic hydroxyl groups is 1. The molecule has 0 saturated heterocycles. The predicted molar refractivity (Wildman–Crippen MR) is 89.5 cm³/mol. The Hall–Kier alpha value is -2.36. The molecular formula is C19H19NO2. The quantitative estimate of drug-likeness (QED) is 0.680. The van der Waals surface area contributed by atoms with Crippen LogP contribution in [0.5, 0.6) is 0 Å². The number of hydrogen-bond acceptors (Lipinski definition) is 3. The number of rotatable bonds is 6. The Morgan fingerprint density at radius 1 is 1.05 bits per heavy atom. The molecule has 3 aromatic rings. The molecule has 2 aromatic carbocycles. The van der Waals surface area contributed by atoms with E-state index in [9.17, 15) is 5.11 Å². The normalized spacial score (nSPS) is 13.0. The monoisotopic (exact) mass is 293 g/mol. The first-order chi connectivity index (χ1) is 10.8. The molecule has 3 rings (SSSR count). The second-order valence-electron chi connectivity index (χ2n) is 5.20. The maximum atomic E-state index is 10.3. The van der Waals surface area contributed by atoms with Crippen molar-refractivity contribution in [2.75, 3.05) is 13.1 Å². The van der Waals surface area contributed by atoms with E-state index < -0.39 is 6.10 Å². The minimum Gasteiger partial charge on any atom is -0.465 e. The van der Waals surface area contributed by atoms with Gasteiger partial charge >= 0.3 is 0 Å². The van der Waals surface area contributed by atoms with Crippen molar-refractivity contribution in [2.24, 2.45) is 0 Å². The summed E-state index contributed by atoms with van der Waals surface area (Å²) < 4.78 is 5.21. The lowest BCUT2D eigenvalue weighted by molar-refractivity contribution is 0.176. The molecule has 2 N–H and O–H groups in total. The highest BCUT2D eigenvalue weighted by Crippen LogP contribution is 2.19. The smallest absolute Gasteiger partial charge is 0.126 e. The maximum absolute atomic E-state index is 10.3. The summed E-state index contributed by atoms with van der Waals surface area (Å²) in [6.45, 7) is 1.20. The summed E-state index contributed by atoms with van der Waals surface area (Å²) in [5.74, 6) is 0.830. The number of furan rings is 1. The minimum atomic E-state index is -0.512. The van der Waals surface area contributed by atoms with Crippen molar-refractivity contribution in [3.63, 3.8) is 0 Å². The van der Waals surface area contributed by atoms with Crippen LogP contribution in [0, 0.1) is 0 Å². The second-order valence-corrected chi connectivity index (χ2v) is 5.20. The summed E-state index contributed by atoms with van der Waals surface area (Å²) in [5, 5.41) is 15.8. The molecule has 0 saturated carbocycles. The summed E-state index contributed by atoms with van der Waals surface area (Å²) in [7, 11) is 0. The van der Waals surface area contributed by atoms with E-state index in [0.29, 0.717) is 13.1 Å². The highest BCUT2D eigenvalue weighted by Gasteiger charge is 2.07. The molecular weight excluding hydrogens is 274 g/mol. The summed E-state index contributed by atoms with van der Waals surface area (Å²) in [4.78, 5) is 0. The van der Waals surface area contributed by atoms with Gasteiger partial charge in [0, 0.05) is 13.1 Å². The Labute approximate surface area is 129 Å². The molecule has 0 amide bonds. The van der Waals surface area contributed by atoms with Gasteiger partial charge in [0.05, 0.1) is 12.4 Å². The van der Waals surface area contributed by atoms with E-state index in [0.717, 1.165) is 16.7 Å². The molecule has 0 aliphatic rings. The Morgan fingerprint density at radius 2 is 1.91 bits per heavy atom. The molecule has 1 heterocycles. The zero-order valence-electron chi connectivity index (χ0n) is 12.3. The summed E-state index contributed by atoms with van der Waals surface area (Å²) in [6, 6.07) is 18.0.